The lowest BCUT2D eigenvalue weighted by Crippen LogP contribution is -2.17. The number of hydrogen-bond donors (Lipinski definition) is 1. The third-order valence-corrected chi connectivity index (χ3v) is 1.38. The number of nitrogens with one attached hydrogen (secondary N) is 1. The third-order valence-electron chi connectivity index (χ3n) is 1.38. The fraction of sp³-hybridized carbons (Fsp3) is 0.222. The fourth-order valence-electron chi connectivity index (χ4n) is 0.763. The van der Waals surface area contributed by atoms with Gasteiger partial charge >= 0.3 is 0 Å². The highest BCUT2D eigenvalue weighted by Crippen LogP contribution is 1.94. The molecule has 0 aliphatic heterocycles. The second kappa shape index (κ2) is 5.03. The Balaban J connectivity index is 2.54. The van der Waals surface area contributed by atoms with E-state index in [0.717, 1.165) is 6.42 Å². The van der Waals surface area contributed by atoms with E-state index in [9.17, 15) is 4.79 Å². The minimum absolute atomic E-state index is 0.216. The van der Waals surface area contributed by atoms with E-state index in [4.69, 9.17) is 0 Å². The summed E-state index contributed by atoms with van der Waals surface area (Å²) in [4.78, 5) is 15.1. The van der Waals surface area contributed by atoms with Gasteiger partial charge in [-0.3, -0.25) is 9.78 Å². The standard InChI is InChI=1S/C9H11N3O/c1-2-5-11-12-9(13)8-3-6-10-7-4-8/h3-7H,2H2,1H3,(H,12,13)/b11-5+. The van der Waals surface area contributed by atoms with Crippen LogP contribution in [-0.2, 0) is 0 Å². The molecule has 1 amide bonds. The topological polar surface area (TPSA) is 54.4 Å². The molecule has 0 bridgehead atoms. The summed E-state index contributed by atoms with van der Waals surface area (Å²) in [5.41, 5.74) is 2.96. The van der Waals surface area contributed by atoms with Gasteiger partial charge in [0.15, 0.2) is 0 Å². The van der Waals surface area contributed by atoms with Gasteiger partial charge in [0.25, 0.3) is 5.91 Å². The Morgan fingerprint density at radius 2 is 2.31 bits per heavy atom. The van der Waals surface area contributed by atoms with Crippen LogP contribution < -0.4 is 5.43 Å². The summed E-state index contributed by atoms with van der Waals surface area (Å²) in [7, 11) is 0. The minimum Gasteiger partial charge on any atom is -0.267 e. The van der Waals surface area contributed by atoms with Gasteiger partial charge in [0.2, 0.25) is 0 Å². The van der Waals surface area contributed by atoms with E-state index in [1.54, 1.807) is 30.7 Å². The maximum Gasteiger partial charge on any atom is 0.271 e. The Labute approximate surface area is 76.7 Å². The lowest BCUT2D eigenvalue weighted by Gasteiger charge is -1.97. The van der Waals surface area contributed by atoms with Crippen molar-refractivity contribution in [1.29, 1.82) is 0 Å². The highest BCUT2D eigenvalue weighted by molar-refractivity contribution is 5.94. The van der Waals surface area contributed by atoms with Crippen LogP contribution in [0.3, 0.4) is 0 Å². The first-order chi connectivity index (χ1) is 6.34. The summed E-state index contributed by atoms with van der Waals surface area (Å²) < 4.78 is 0. The average molecular weight is 177 g/mol. The Morgan fingerprint density at radius 1 is 1.62 bits per heavy atom. The molecule has 0 fully saturated rings. The smallest absolute Gasteiger partial charge is 0.267 e. The maximum absolute atomic E-state index is 11.3. The van der Waals surface area contributed by atoms with E-state index in [1.165, 1.54) is 0 Å². The zero-order chi connectivity index (χ0) is 9.52. The number of nitrogens with zero attached hydrogens (tertiary/aromatic N) is 2. The molecule has 0 saturated carbocycles. The highest BCUT2D eigenvalue weighted by Gasteiger charge is 2.00. The number of hydrazone groups is 1. The molecule has 4 heteroatoms. The number of pyridine rings is 1. The number of carbonyl (C=O) groups excluding carboxylic acids is 1. The van der Waals surface area contributed by atoms with E-state index in [0.29, 0.717) is 5.56 Å². The number of amides is 1. The van der Waals surface area contributed by atoms with Gasteiger partial charge in [0, 0.05) is 24.2 Å². The van der Waals surface area contributed by atoms with Crippen LogP contribution in [0.5, 0.6) is 0 Å². The van der Waals surface area contributed by atoms with E-state index in [-0.39, 0.29) is 5.91 Å². The molecule has 1 N–H and O–H groups in total. The third kappa shape index (κ3) is 3.02. The molecule has 13 heavy (non-hydrogen) atoms. The van der Waals surface area contributed by atoms with Crippen LogP contribution >= 0.6 is 0 Å². The molecule has 0 unspecified atom stereocenters. The number of rotatable bonds is 3. The van der Waals surface area contributed by atoms with Crippen LogP contribution in [-0.4, -0.2) is 17.1 Å². The van der Waals surface area contributed by atoms with Gasteiger partial charge in [-0.2, -0.15) is 5.10 Å². The van der Waals surface area contributed by atoms with Crippen molar-refractivity contribution in [3.8, 4) is 0 Å². The molecule has 0 aromatic carbocycles. The molecule has 1 aromatic rings. The highest BCUT2D eigenvalue weighted by atomic mass is 16.2. The predicted molar refractivity (Wildman–Crippen MR) is 50.5 cm³/mol. The summed E-state index contributed by atoms with van der Waals surface area (Å²) in [6.07, 6.45) is 5.58. The fourth-order valence-corrected chi connectivity index (χ4v) is 0.763. The van der Waals surface area contributed by atoms with E-state index < -0.39 is 0 Å². The first kappa shape index (κ1) is 9.38. The molecule has 0 atom stereocenters. The lowest BCUT2D eigenvalue weighted by molar-refractivity contribution is 0.0955. The quantitative estimate of drug-likeness (QED) is 0.557. The van der Waals surface area contributed by atoms with Crippen molar-refractivity contribution in [2.24, 2.45) is 5.10 Å². The molecule has 0 spiro atoms. The normalized spacial score (nSPS) is 10.2. The van der Waals surface area contributed by atoms with Crippen LogP contribution in [0, 0.1) is 0 Å². The summed E-state index contributed by atoms with van der Waals surface area (Å²) in [5.74, 6) is -0.216. The Kier molecular flexibility index (Phi) is 3.63. The average Bonchev–Trinajstić information content (AvgIpc) is 2.19. The van der Waals surface area contributed by atoms with Gasteiger partial charge in [-0.05, 0) is 18.6 Å². The Morgan fingerprint density at radius 3 is 2.92 bits per heavy atom. The Hall–Kier alpha value is -1.71. The second-order valence-electron chi connectivity index (χ2n) is 2.40. The zero-order valence-electron chi connectivity index (χ0n) is 7.40. The molecule has 68 valence electrons. The number of aromatic nitrogens is 1. The summed E-state index contributed by atoms with van der Waals surface area (Å²) in [6, 6.07) is 3.27. The van der Waals surface area contributed by atoms with Crippen LogP contribution in [0.15, 0.2) is 29.6 Å². The van der Waals surface area contributed by atoms with E-state index >= 15 is 0 Å². The largest absolute Gasteiger partial charge is 0.271 e. The Bertz CT molecular complexity index is 295. The van der Waals surface area contributed by atoms with Crippen LogP contribution in [0.25, 0.3) is 0 Å². The van der Waals surface area contributed by atoms with Gasteiger partial charge < -0.3 is 0 Å². The van der Waals surface area contributed by atoms with Gasteiger partial charge in [-0.15, -0.1) is 0 Å². The van der Waals surface area contributed by atoms with Crippen molar-refractivity contribution < 1.29 is 4.79 Å². The minimum atomic E-state index is -0.216. The van der Waals surface area contributed by atoms with Gasteiger partial charge in [0.1, 0.15) is 0 Å². The molecule has 4 nitrogen and oxygen atoms in total. The van der Waals surface area contributed by atoms with E-state index in [2.05, 4.69) is 15.5 Å². The summed E-state index contributed by atoms with van der Waals surface area (Å²) >= 11 is 0. The zero-order valence-corrected chi connectivity index (χ0v) is 7.40. The molecular weight excluding hydrogens is 166 g/mol. The number of hydrogen-bond acceptors (Lipinski definition) is 3. The molecule has 1 rings (SSSR count). The molecule has 0 radical (unpaired) electrons. The van der Waals surface area contributed by atoms with Crippen molar-refractivity contribution >= 4 is 12.1 Å². The van der Waals surface area contributed by atoms with Crippen molar-refractivity contribution in [3.63, 3.8) is 0 Å². The van der Waals surface area contributed by atoms with Gasteiger partial charge in [-0.25, -0.2) is 5.43 Å². The second-order valence-corrected chi connectivity index (χ2v) is 2.40. The maximum atomic E-state index is 11.3. The molecule has 0 aliphatic carbocycles. The summed E-state index contributed by atoms with van der Waals surface area (Å²) in [5, 5.41) is 3.72. The molecule has 0 saturated heterocycles. The molecular formula is C9H11N3O. The molecule has 0 aliphatic rings. The van der Waals surface area contributed by atoms with Gasteiger partial charge in [-0.1, -0.05) is 6.92 Å². The first-order valence-electron chi connectivity index (χ1n) is 4.06. The summed E-state index contributed by atoms with van der Waals surface area (Å²) in [6.45, 7) is 1.95. The monoisotopic (exact) mass is 177 g/mol. The van der Waals surface area contributed by atoms with Crippen LogP contribution in [0.2, 0.25) is 0 Å². The van der Waals surface area contributed by atoms with E-state index in [1.807, 2.05) is 6.92 Å². The van der Waals surface area contributed by atoms with Crippen molar-refractivity contribution in [2.45, 2.75) is 13.3 Å². The van der Waals surface area contributed by atoms with Crippen LogP contribution in [0.4, 0.5) is 0 Å². The molecule has 1 heterocycles. The number of carbonyl (C=O) groups is 1. The van der Waals surface area contributed by atoms with Gasteiger partial charge in [0.05, 0.1) is 0 Å². The van der Waals surface area contributed by atoms with Crippen LogP contribution in [0.1, 0.15) is 23.7 Å². The predicted octanol–water partition coefficient (Wildman–Crippen LogP) is 1.21. The van der Waals surface area contributed by atoms with Crippen molar-refractivity contribution in [1.82, 2.24) is 10.4 Å². The van der Waals surface area contributed by atoms with Crippen molar-refractivity contribution in [3.05, 3.63) is 30.1 Å². The molecule has 1 aromatic heterocycles. The first-order valence-corrected chi connectivity index (χ1v) is 4.06. The lowest BCUT2D eigenvalue weighted by atomic mass is 10.3. The van der Waals surface area contributed by atoms with Crippen molar-refractivity contribution in [2.75, 3.05) is 0 Å². The SMILES string of the molecule is CC/C=N/NC(=O)c1ccncc1.